The Morgan fingerprint density at radius 2 is 1.69 bits per heavy atom. The number of likely N-dealkylation sites (tertiary alicyclic amines) is 1. The fourth-order valence-electron chi connectivity index (χ4n) is 6.06. The highest BCUT2D eigenvalue weighted by atomic mass is 19.2. The summed E-state index contributed by atoms with van der Waals surface area (Å²) in [5.74, 6) is -3.16. The lowest BCUT2D eigenvalue weighted by molar-refractivity contribution is -0.131. The van der Waals surface area contributed by atoms with Crippen LogP contribution < -0.4 is 0 Å². The number of amides is 1. The molecular weight excluding hydrogens is 501 g/mol. The van der Waals surface area contributed by atoms with Crippen LogP contribution in [-0.2, 0) is 4.79 Å². The summed E-state index contributed by atoms with van der Waals surface area (Å²) in [6.45, 7) is 8.76. The first-order valence-electron chi connectivity index (χ1n) is 14.0. The van der Waals surface area contributed by atoms with E-state index >= 15 is 0 Å². The normalized spacial score (nSPS) is 18.3. The molecule has 39 heavy (non-hydrogen) atoms. The molecule has 2 saturated heterocycles. The Labute approximate surface area is 228 Å². The first kappa shape index (κ1) is 27.5. The number of carbonyl (C=O) groups excluding carboxylic acids is 1. The predicted octanol–water partition coefficient (Wildman–Crippen LogP) is 6.34. The maximum Gasteiger partial charge on any atom is 0.246 e. The van der Waals surface area contributed by atoms with Crippen molar-refractivity contribution in [3.8, 4) is 0 Å². The van der Waals surface area contributed by atoms with Gasteiger partial charge in [0.2, 0.25) is 5.91 Å². The summed E-state index contributed by atoms with van der Waals surface area (Å²) in [5, 5.41) is 6.42. The first-order chi connectivity index (χ1) is 18.8. The van der Waals surface area contributed by atoms with Crippen LogP contribution in [0.25, 0.3) is 17.0 Å². The summed E-state index contributed by atoms with van der Waals surface area (Å²) >= 11 is 0. The van der Waals surface area contributed by atoms with Gasteiger partial charge < -0.3 is 9.88 Å². The maximum absolute atomic E-state index is 13.5. The number of benzene rings is 2. The van der Waals surface area contributed by atoms with E-state index in [1.165, 1.54) is 28.6 Å². The van der Waals surface area contributed by atoms with Gasteiger partial charge in [0.15, 0.2) is 17.5 Å². The largest absolute Gasteiger partial charge is 0.361 e. The Bertz CT molecular complexity index is 1300. The van der Waals surface area contributed by atoms with Crippen LogP contribution >= 0.6 is 0 Å². The van der Waals surface area contributed by atoms with E-state index in [-0.39, 0.29) is 11.5 Å². The zero-order valence-electron chi connectivity index (χ0n) is 22.7. The molecule has 0 bridgehead atoms. The molecule has 2 aliphatic rings. The quantitative estimate of drug-likeness (QED) is 0.282. The van der Waals surface area contributed by atoms with Crippen molar-refractivity contribution in [1.82, 2.24) is 19.9 Å². The molecule has 0 spiro atoms. The summed E-state index contributed by atoms with van der Waals surface area (Å²) in [5.41, 5.74) is 2.74. The lowest BCUT2D eigenvalue weighted by Gasteiger charge is -2.47. The lowest BCUT2D eigenvalue weighted by atomic mass is 9.89. The summed E-state index contributed by atoms with van der Waals surface area (Å²) in [6.07, 6.45) is 8.80. The monoisotopic (exact) mass is 538 g/mol. The van der Waals surface area contributed by atoms with Crippen LogP contribution in [0.1, 0.15) is 56.6 Å². The average Bonchev–Trinajstić information content (AvgIpc) is 3.38. The van der Waals surface area contributed by atoms with Crippen LogP contribution in [0, 0.1) is 23.4 Å². The highest BCUT2D eigenvalue weighted by Crippen LogP contribution is 2.34. The van der Waals surface area contributed by atoms with Crippen LogP contribution in [-0.4, -0.2) is 64.6 Å². The van der Waals surface area contributed by atoms with Gasteiger partial charge in [0.1, 0.15) is 0 Å². The minimum atomic E-state index is -1.51. The molecule has 1 N–H and O–H groups in total. The molecule has 0 saturated carbocycles. The molecule has 3 heterocycles. The van der Waals surface area contributed by atoms with Gasteiger partial charge in [-0.25, -0.2) is 23.2 Å². The molecule has 2 aromatic carbocycles. The van der Waals surface area contributed by atoms with Crippen molar-refractivity contribution < 1.29 is 18.0 Å². The maximum atomic E-state index is 13.5. The zero-order valence-corrected chi connectivity index (χ0v) is 22.7. The van der Waals surface area contributed by atoms with Gasteiger partial charge in [0.25, 0.3) is 0 Å². The lowest BCUT2D eigenvalue weighted by Crippen LogP contribution is -2.56. The summed E-state index contributed by atoms with van der Waals surface area (Å²) in [7, 11) is 0. The second kappa shape index (κ2) is 12.0. The number of hydrogen-bond acceptors (Lipinski definition) is 3. The SMILES string of the molecule is CC(C)CN(C1CCN(C(=O)C=Cc2cc(F)c(F)c(F)c2)CC1)N1CCC(c2c[nH]c3ccccc23)CC1. The van der Waals surface area contributed by atoms with E-state index in [4.69, 9.17) is 0 Å². The first-order valence-corrected chi connectivity index (χ1v) is 14.0. The van der Waals surface area contributed by atoms with Gasteiger partial charge in [-0.05, 0) is 72.9 Å². The van der Waals surface area contributed by atoms with E-state index < -0.39 is 17.5 Å². The van der Waals surface area contributed by atoms with Gasteiger partial charge in [-0.1, -0.05) is 32.0 Å². The number of H-pyrrole nitrogens is 1. The van der Waals surface area contributed by atoms with E-state index in [1.54, 1.807) is 4.90 Å². The van der Waals surface area contributed by atoms with E-state index in [1.807, 2.05) is 0 Å². The second-order valence-electron chi connectivity index (χ2n) is 11.2. The summed E-state index contributed by atoms with van der Waals surface area (Å²) < 4.78 is 40.2. The molecule has 0 radical (unpaired) electrons. The molecule has 2 fully saturated rings. The number of nitrogens with one attached hydrogen (secondary N) is 1. The number of hydrazine groups is 1. The van der Waals surface area contributed by atoms with Crippen molar-refractivity contribution in [2.24, 2.45) is 5.92 Å². The Balaban J connectivity index is 1.18. The minimum absolute atomic E-state index is 0.119. The zero-order chi connectivity index (χ0) is 27.5. The van der Waals surface area contributed by atoms with Gasteiger partial charge in [-0.15, -0.1) is 0 Å². The van der Waals surface area contributed by atoms with Gasteiger partial charge >= 0.3 is 0 Å². The fraction of sp³-hybridized carbons (Fsp3) is 0.452. The predicted molar refractivity (Wildman–Crippen MR) is 148 cm³/mol. The van der Waals surface area contributed by atoms with Crippen molar-refractivity contribution >= 4 is 22.9 Å². The standard InChI is InChI=1S/C31H37F3N4O/c1-21(2)20-38(37-15-9-23(10-16-37)26-19-35-29-6-4-3-5-25(26)29)24-11-13-36(14-12-24)30(39)8-7-22-17-27(32)31(34)28(33)18-22/h3-8,17-19,21,23-24,35H,9-16,20H2,1-2H3. The van der Waals surface area contributed by atoms with Gasteiger partial charge in [0, 0.05) is 61.9 Å². The van der Waals surface area contributed by atoms with Gasteiger partial charge in [-0.3, -0.25) is 4.79 Å². The number of rotatable bonds is 7. The smallest absolute Gasteiger partial charge is 0.246 e. The molecule has 208 valence electrons. The fourth-order valence-corrected chi connectivity index (χ4v) is 6.06. The van der Waals surface area contributed by atoms with Crippen molar-refractivity contribution in [3.63, 3.8) is 0 Å². The summed E-state index contributed by atoms with van der Waals surface area (Å²) in [4.78, 5) is 18.0. The molecule has 5 nitrogen and oxygen atoms in total. The highest BCUT2D eigenvalue weighted by molar-refractivity contribution is 5.91. The number of hydrogen-bond donors (Lipinski definition) is 1. The number of halogens is 3. The average molecular weight is 539 g/mol. The van der Waals surface area contributed by atoms with E-state index in [0.717, 1.165) is 57.5 Å². The van der Waals surface area contributed by atoms with Gasteiger partial charge in [-0.2, -0.15) is 0 Å². The van der Waals surface area contributed by atoms with Crippen molar-refractivity contribution in [2.75, 3.05) is 32.7 Å². The molecule has 0 atom stereocenters. The molecular formula is C31H37F3N4O. The molecule has 1 amide bonds. The topological polar surface area (TPSA) is 42.6 Å². The van der Waals surface area contributed by atoms with Crippen molar-refractivity contribution in [3.05, 3.63) is 77.2 Å². The van der Waals surface area contributed by atoms with Crippen LogP contribution in [0.4, 0.5) is 13.2 Å². The molecule has 1 aromatic heterocycles. The van der Waals surface area contributed by atoms with Crippen LogP contribution in [0.5, 0.6) is 0 Å². The molecule has 2 aliphatic heterocycles. The molecule has 8 heteroatoms. The molecule has 0 aliphatic carbocycles. The third kappa shape index (κ3) is 6.23. The Morgan fingerprint density at radius 3 is 2.36 bits per heavy atom. The van der Waals surface area contributed by atoms with E-state index in [2.05, 4.69) is 59.3 Å². The van der Waals surface area contributed by atoms with E-state index in [9.17, 15) is 18.0 Å². The number of fused-ring (bicyclic) bond motifs is 1. The number of carbonyl (C=O) groups is 1. The number of nitrogens with zero attached hydrogens (tertiary/aromatic N) is 3. The number of piperidine rings is 2. The van der Waals surface area contributed by atoms with Crippen LogP contribution in [0.15, 0.2) is 48.7 Å². The third-order valence-electron chi connectivity index (χ3n) is 8.07. The van der Waals surface area contributed by atoms with Crippen molar-refractivity contribution in [2.45, 2.75) is 51.5 Å². The number of aromatic nitrogens is 1. The molecule has 3 aromatic rings. The second-order valence-corrected chi connectivity index (χ2v) is 11.2. The number of para-hydroxylation sites is 1. The minimum Gasteiger partial charge on any atom is -0.361 e. The van der Waals surface area contributed by atoms with Crippen LogP contribution in [0.2, 0.25) is 0 Å². The highest BCUT2D eigenvalue weighted by Gasteiger charge is 2.33. The third-order valence-corrected chi connectivity index (χ3v) is 8.07. The Morgan fingerprint density at radius 1 is 1.03 bits per heavy atom. The van der Waals surface area contributed by atoms with Crippen LogP contribution in [0.3, 0.4) is 0 Å². The van der Waals surface area contributed by atoms with E-state index in [0.29, 0.717) is 31.0 Å². The Kier molecular flexibility index (Phi) is 8.43. The Hall–Kier alpha value is -3.10. The molecule has 5 rings (SSSR count). The summed E-state index contributed by atoms with van der Waals surface area (Å²) in [6, 6.07) is 10.7. The van der Waals surface area contributed by atoms with Crippen molar-refractivity contribution in [1.29, 1.82) is 0 Å². The number of aromatic amines is 1. The van der Waals surface area contributed by atoms with Gasteiger partial charge in [0.05, 0.1) is 0 Å². The molecule has 0 unspecified atom stereocenters.